The fourth-order valence-corrected chi connectivity index (χ4v) is 7.36. The number of fused-ring (bicyclic) bond motifs is 1. The molecule has 4 heterocycles. The third kappa shape index (κ3) is 6.71. The summed E-state index contributed by atoms with van der Waals surface area (Å²) in [5, 5.41) is -0.289. The van der Waals surface area contributed by atoms with Crippen molar-refractivity contribution < 1.29 is 27.5 Å². The monoisotopic (exact) mass is 662 g/mol. The Hall–Kier alpha value is -3.71. The van der Waals surface area contributed by atoms with E-state index in [1.54, 1.807) is 9.47 Å². The second kappa shape index (κ2) is 13.2. The Bertz CT molecular complexity index is 1640. The van der Waals surface area contributed by atoms with Gasteiger partial charge in [0, 0.05) is 44.7 Å². The lowest BCUT2D eigenvalue weighted by Gasteiger charge is -2.38. The first-order valence-electron chi connectivity index (χ1n) is 15.8. The van der Waals surface area contributed by atoms with Gasteiger partial charge in [0.2, 0.25) is 0 Å². The van der Waals surface area contributed by atoms with Crippen molar-refractivity contribution in [2.24, 2.45) is 0 Å². The number of ether oxygens (including phenoxy) is 1. The third-order valence-electron chi connectivity index (χ3n) is 9.58. The molecule has 10 nitrogen and oxygen atoms in total. The number of amides is 2. The number of nitrogens with two attached hydrogens (primary N) is 1. The number of aromatic nitrogens is 2. The van der Waals surface area contributed by atoms with E-state index in [4.69, 9.17) is 22.1 Å². The van der Waals surface area contributed by atoms with Gasteiger partial charge >= 0.3 is 18.0 Å². The molecule has 3 aliphatic rings. The Morgan fingerprint density at radius 3 is 2.26 bits per heavy atom. The van der Waals surface area contributed by atoms with Gasteiger partial charge in [-0.15, -0.1) is 0 Å². The van der Waals surface area contributed by atoms with E-state index < -0.39 is 35.5 Å². The van der Waals surface area contributed by atoms with Crippen LogP contribution in [0.15, 0.2) is 41.2 Å². The number of para-hydroxylation sites is 2. The van der Waals surface area contributed by atoms with Crippen LogP contribution in [0.3, 0.4) is 0 Å². The maximum atomic E-state index is 13.8. The number of benzene rings is 2. The number of nitrogen functional groups attached to an aromatic ring is 1. The van der Waals surface area contributed by atoms with E-state index >= 15 is 0 Å². The molecular formula is C32H38ClF3N6O4. The lowest BCUT2D eigenvalue weighted by molar-refractivity contribution is -0.142. The maximum Gasteiger partial charge on any atom is 0.418 e. The quantitative estimate of drug-likeness (QED) is 0.357. The van der Waals surface area contributed by atoms with Gasteiger partial charge in [-0.1, -0.05) is 23.7 Å². The molecule has 3 aliphatic heterocycles. The van der Waals surface area contributed by atoms with Crippen molar-refractivity contribution in [3.8, 4) is 0 Å². The molecule has 6 rings (SSSR count). The van der Waals surface area contributed by atoms with Crippen LogP contribution in [0.25, 0.3) is 11.0 Å². The van der Waals surface area contributed by atoms with Crippen LogP contribution >= 0.6 is 11.6 Å². The van der Waals surface area contributed by atoms with Crippen molar-refractivity contribution in [3.05, 3.63) is 63.0 Å². The molecule has 248 valence electrons. The maximum absolute atomic E-state index is 13.8. The second-order valence-electron chi connectivity index (χ2n) is 12.4. The van der Waals surface area contributed by atoms with Crippen LogP contribution in [-0.4, -0.2) is 87.7 Å². The zero-order chi connectivity index (χ0) is 32.6. The van der Waals surface area contributed by atoms with Crippen LogP contribution in [0, 0.1) is 0 Å². The van der Waals surface area contributed by atoms with Gasteiger partial charge in [-0.25, -0.2) is 9.59 Å². The lowest BCUT2D eigenvalue weighted by atomic mass is 10.00. The van der Waals surface area contributed by atoms with Gasteiger partial charge in [0.25, 0.3) is 5.91 Å². The van der Waals surface area contributed by atoms with Crippen LogP contribution in [0.4, 0.5) is 23.7 Å². The number of piperidine rings is 2. The van der Waals surface area contributed by atoms with Gasteiger partial charge < -0.3 is 30.2 Å². The first-order valence-corrected chi connectivity index (χ1v) is 16.2. The topological polar surface area (TPSA) is 117 Å². The number of nitrogens with one attached hydrogen (secondary N) is 1. The standard InChI is InChI=1S/C32H38ClF3N6O4/c33-24-18-20(17-23(28(24)37)32(34,35)36)19-27(29(43)40-13-7-21(8-14-40)39-11-3-4-12-39)46-31(45)41-15-9-22(10-16-41)42-26-6-2-1-5-25(26)38-30(42)44/h1-2,5-6,17-18,21-22,27H,3-4,7-16,19,37H2,(H,38,44)/t27-/m1/s1. The van der Waals surface area contributed by atoms with Gasteiger partial charge in [0.15, 0.2) is 6.10 Å². The highest BCUT2D eigenvalue weighted by Crippen LogP contribution is 2.38. The lowest BCUT2D eigenvalue weighted by Crippen LogP contribution is -2.51. The number of halogens is 4. The molecule has 0 aliphatic carbocycles. The van der Waals surface area contributed by atoms with E-state index in [-0.39, 0.29) is 41.8 Å². The predicted molar refractivity (Wildman–Crippen MR) is 168 cm³/mol. The number of hydrogen-bond acceptors (Lipinski definition) is 6. The van der Waals surface area contributed by atoms with Gasteiger partial charge in [-0.3, -0.25) is 9.36 Å². The zero-order valence-electron chi connectivity index (χ0n) is 25.4. The first kappa shape index (κ1) is 32.2. The number of imidazole rings is 1. The number of aromatic amines is 1. The molecule has 1 atom stereocenters. The van der Waals surface area contributed by atoms with Crippen molar-refractivity contribution in [1.82, 2.24) is 24.3 Å². The highest BCUT2D eigenvalue weighted by Gasteiger charge is 2.37. The number of carbonyl (C=O) groups is 2. The van der Waals surface area contributed by atoms with E-state index in [1.807, 2.05) is 24.3 Å². The summed E-state index contributed by atoms with van der Waals surface area (Å²) in [7, 11) is 0. The molecule has 0 unspecified atom stereocenters. The van der Waals surface area contributed by atoms with Gasteiger partial charge in [0.05, 0.1) is 27.3 Å². The third-order valence-corrected chi connectivity index (χ3v) is 9.89. The molecule has 3 N–H and O–H groups in total. The number of rotatable bonds is 6. The molecule has 0 bridgehead atoms. The SMILES string of the molecule is Nc1c(Cl)cc(C[C@@H](OC(=O)N2CCC(n3c(=O)[nH]c4ccccc43)CC2)C(=O)N2CCC(N3CCCC3)CC2)cc1C(F)(F)F. The Labute approximate surface area is 269 Å². The number of anilines is 1. The highest BCUT2D eigenvalue weighted by molar-refractivity contribution is 6.33. The predicted octanol–water partition coefficient (Wildman–Crippen LogP) is 5.06. The van der Waals surface area contributed by atoms with Gasteiger partial charge in [-0.05, 0) is 81.4 Å². The number of carbonyl (C=O) groups excluding carboxylic acids is 2. The summed E-state index contributed by atoms with van der Waals surface area (Å²) in [4.78, 5) is 48.4. The molecule has 3 aromatic rings. The molecule has 2 amide bonds. The number of alkyl halides is 3. The van der Waals surface area contributed by atoms with E-state index in [0.29, 0.717) is 32.0 Å². The van der Waals surface area contributed by atoms with E-state index in [0.717, 1.165) is 55.9 Å². The molecule has 0 spiro atoms. The van der Waals surface area contributed by atoms with E-state index in [9.17, 15) is 27.6 Å². The normalized spacial score (nSPS) is 19.6. The molecule has 0 saturated carbocycles. The van der Waals surface area contributed by atoms with E-state index in [1.165, 1.54) is 11.0 Å². The number of H-pyrrole nitrogens is 1. The smallest absolute Gasteiger partial charge is 0.418 e. The molecule has 1 aromatic heterocycles. The molecular weight excluding hydrogens is 625 g/mol. The second-order valence-corrected chi connectivity index (χ2v) is 12.9. The Morgan fingerprint density at radius 2 is 1.59 bits per heavy atom. The number of likely N-dealkylation sites (tertiary alicyclic amines) is 3. The highest BCUT2D eigenvalue weighted by atomic mass is 35.5. The minimum absolute atomic E-state index is 0.0852. The first-order chi connectivity index (χ1) is 22.0. The molecule has 46 heavy (non-hydrogen) atoms. The van der Waals surface area contributed by atoms with Gasteiger partial charge in [0.1, 0.15) is 0 Å². The fourth-order valence-electron chi connectivity index (χ4n) is 7.12. The van der Waals surface area contributed by atoms with Crippen LogP contribution in [-0.2, 0) is 22.1 Å². The summed E-state index contributed by atoms with van der Waals surface area (Å²) in [5.41, 5.74) is 5.31. The molecule has 14 heteroatoms. The summed E-state index contributed by atoms with van der Waals surface area (Å²) in [5.74, 6) is -0.449. The van der Waals surface area contributed by atoms with Crippen molar-refractivity contribution in [2.45, 2.75) is 69.3 Å². The molecule has 0 radical (unpaired) electrons. The van der Waals surface area contributed by atoms with Crippen molar-refractivity contribution in [3.63, 3.8) is 0 Å². The Morgan fingerprint density at radius 1 is 0.957 bits per heavy atom. The summed E-state index contributed by atoms with van der Waals surface area (Å²) >= 11 is 6.08. The summed E-state index contributed by atoms with van der Waals surface area (Å²) in [6.45, 7) is 3.59. The fraction of sp³-hybridized carbons (Fsp3) is 0.531. The van der Waals surface area contributed by atoms with Crippen molar-refractivity contribution >= 4 is 40.3 Å². The molecule has 3 saturated heterocycles. The van der Waals surface area contributed by atoms with Crippen LogP contribution < -0.4 is 11.4 Å². The molecule has 3 fully saturated rings. The van der Waals surface area contributed by atoms with E-state index in [2.05, 4.69) is 9.88 Å². The van der Waals surface area contributed by atoms with Crippen molar-refractivity contribution in [1.29, 1.82) is 0 Å². The summed E-state index contributed by atoms with van der Waals surface area (Å²) in [6.07, 6.45) is -2.27. The van der Waals surface area contributed by atoms with Crippen LogP contribution in [0.1, 0.15) is 55.7 Å². The zero-order valence-corrected chi connectivity index (χ0v) is 26.2. The van der Waals surface area contributed by atoms with Crippen molar-refractivity contribution in [2.75, 3.05) is 45.0 Å². The summed E-state index contributed by atoms with van der Waals surface area (Å²) < 4.78 is 48.7. The molecule has 2 aromatic carbocycles. The average Bonchev–Trinajstić information content (AvgIpc) is 3.69. The number of hydrogen-bond donors (Lipinski definition) is 2. The Balaban J connectivity index is 1.17. The number of nitrogens with zero attached hydrogens (tertiary/aromatic N) is 4. The minimum atomic E-state index is -4.76. The summed E-state index contributed by atoms with van der Waals surface area (Å²) in [6, 6.07) is 9.78. The van der Waals surface area contributed by atoms with Gasteiger partial charge in [-0.2, -0.15) is 13.2 Å². The minimum Gasteiger partial charge on any atom is -0.436 e. The largest absolute Gasteiger partial charge is 0.436 e. The average molecular weight is 663 g/mol. The Kier molecular flexibility index (Phi) is 9.24. The van der Waals surface area contributed by atoms with Crippen LogP contribution in [0.2, 0.25) is 5.02 Å². The van der Waals surface area contributed by atoms with Crippen LogP contribution in [0.5, 0.6) is 0 Å².